The predicted octanol–water partition coefficient (Wildman–Crippen LogP) is 3.85. The lowest BCUT2D eigenvalue weighted by molar-refractivity contribution is -0.531. The third kappa shape index (κ3) is 2.37. The second-order valence-electron chi connectivity index (χ2n) is 6.11. The van der Waals surface area contributed by atoms with E-state index in [1.807, 2.05) is 18.2 Å². The molecule has 1 aromatic rings. The smallest absolute Gasteiger partial charge is 0.343 e. The normalized spacial score (nSPS) is 29.0. The van der Waals surface area contributed by atoms with E-state index in [2.05, 4.69) is 30.2 Å². The molecule has 0 aliphatic carbocycles. The van der Waals surface area contributed by atoms with Crippen molar-refractivity contribution in [2.45, 2.75) is 25.7 Å². The van der Waals surface area contributed by atoms with Gasteiger partial charge in [-0.05, 0) is 37.5 Å². The van der Waals surface area contributed by atoms with Crippen molar-refractivity contribution in [3.8, 4) is 0 Å². The van der Waals surface area contributed by atoms with Crippen molar-refractivity contribution in [1.82, 2.24) is 0 Å². The minimum absolute atomic E-state index is 0.0590. The van der Waals surface area contributed by atoms with Crippen LogP contribution in [0.1, 0.15) is 31.2 Å². The molecule has 0 fully saturated rings. The van der Waals surface area contributed by atoms with Gasteiger partial charge in [-0.1, -0.05) is 29.8 Å². The fraction of sp³-hybridized carbons (Fsp3) is 0.471. The lowest BCUT2D eigenvalue weighted by atomic mass is 9.73. The summed E-state index contributed by atoms with van der Waals surface area (Å²) in [5.41, 5.74) is 1.39. The lowest BCUT2D eigenvalue weighted by Gasteiger charge is -2.32. The highest BCUT2D eigenvalue weighted by molar-refractivity contribution is 6.30. The molecule has 0 unspecified atom stereocenters. The molecule has 0 saturated carbocycles. The van der Waals surface area contributed by atoms with E-state index in [1.165, 1.54) is 5.56 Å². The van der Waals surface area contributed by atoms with Crippen LogP contribution in [0.15, 0.2) is 36.9 Å². The Balaban J connectivity index is 1.95. The van der Waals surface area contributed by atoms with Crippen molar-refractivity contribution in [1.29, 1.82) is 0 Å². The number of benzene rings is 1. The van der Waals surface area contributed by atoms with Crippen molar-refractivity contribution in [3.05, 3.63) is 47.5 Å². The van der Waals surface area contributed by atoms with Crippen molar-refractivity contribution in [2.75, 3.05) is 19.7 Å². The molecule has 0 bridgehead atoms. The van der Waals surface area contributed by atoms with Crippen LogP contribution in [0.3, 0.4) is 0 Å². The standard InChI is InChI=1S/C17H21ClNO/c1-3-7-17(2)11-14(12-19-8-9-20-16(17)19)13-5-4-6-15(18)10-13/h3-6,10,14H,1,7-9,11-12H2,2H3/q+1/t14-,17-/m0/s1. The van der Waals surface area contributed by atoms with Gasteiger partial charge in [0, 0.05) is 10.9 Å². The third-order valence-corrected chi connectivity index (χ3v) is 4.69. The number of ether oxygens (including phenoxy) is 1. The van der Waals surface area contributed by atoms with E-state index < -0.39 is 0 Å². The van der Waals surface area contributed by atoms with Gasteiger partial charge in [0.15, 0.2) is 19.7 Å². The van der Waals surface area contributed by atoms with E-state index in [-0.39, 0.29) is 5.41 Å². The zero-order chi connectivity index (χ0) is 14.2. The third-order valence-electron chi connectivity index (χ3n) is 4.46. The summed E-state index contributed by atoms with van der Waals surface area (Å²) in [5.74, 6) is 1.67. The van der Waals surface area contributed by atoms with Crippen LogP contribution in [0.5, 0.6) is 0 Å². The van der Waals surface area contributed by atoms with Gasteiger partial charge >= 0.3 is 5.90 Å². The SMILES string of the molecule is C=CC[C@@]1(C)C[C@H](c2cccc(Cl)c2)C[N+]2=C1OCC2. The average molecular weight is 291 g/mol. The van der Waals surface area contributed by atoms with Crippen LogP contribution in [0.4, 0.5) is 0 Å². The molecule has 3 rings (SSSR count). The first-order chi connectivity index (χ1) is 9.62. The minimum Gasteiger partial charge on any atom is -0.441 e. The van der Waals surface area contributed by atoms with Crippen LogP contribution >= 0.6 is 11.6 Å². The molecule has 3 heteroatoms. The number of rotatable bonds is 3. The zero-order valence-corrected chi connectivity index (χ0v) is 12.7. The van der Waals surface area contributed by atoms with Gasteiger partial charge in [0.1, 0.15) is 0 Å². The second kappa shape index (κ2) is 5.25. The highest BCUT2D eigenvalue weighted by atomic mass is 35.5. The maximum atomic E-state index is 6.15. The van der Waals surface area contributed by atoms with Gasteiger partial charge in [-0.3, -0.25) is 0 Å². The van der Waals surface area contributed by atoms with Gasteiger partial charge < -0.3 is 4.74 Å². The molecule has 0 spiro atoms. The monoisotopic (exact) mass is 290 g/mol. The Labute approximate surface area is 125 Å². The minimum atomic E-state index is 0.0590. The fourth-order valence-electron chi connectivity index (χ4n) is 3.61. The first-order valence-electron chi connectivity index (χ1n) is 7.24. The first kappa shape index (κ1) is 13.7. The van der Waals surface area contributed by atoms with E-state index >= 15 is 0 Å². The van der Waals surface area contributed by atoms with Crippen LogP contribution in [0.25, 0.3) is 0 Å². The van der Waals surface area contributed by atoms with Crippen molar-refractivity contribution in [2.24, 2.45) is 5.41 Å². The summed E-state index contributed by atoms with van der Waals surface area (Å²) in [7, 11) is 0. The maximum absolute atomic E-state index is 6.15. The first-order valence-corrected chi connectivity index (χ1v) is 7.62. The summed E-state index contributed by atoms with van der Waals surface area (Å²) in [5, 5.41) is 0.820. The molecule has 106 valence electrons. The Morgan fingerprint density at radius 3 is 3.15 bits per heavy atom. The average Bonchev–Trinajstić information content (AvgIpc) is 2.88. The number of hydrogen-bond acceptors (Lipinski definition) is 1. The van der Waals surface area contributed by atoms with Gasteiger partial charge in [0.05, 0.1) is 5.41 Å². The van der Waals surface area contributed by atoms with Gasteiger partial charge in [-0.2, -0.15) is 4.58 Å². The van der Waals surface area contributed by atoms with Gasteiger partial charge in [0.2, 0.25) is 0 Å². The Morgan fingerprint density at radius 2 is 2.40 bits per heavy atom. The fourth-order valence-corrected chi connectivity index (χ4v) is 3.81. The van der Waals surface area contributed by atoms with Gasteiger partial charge in [-0.15, -0.1) is 6.58 Å². The van der Waals surface area contributed by atoms with Crippen LogP contribution in [-0.2, 0) is 4.74 Å². The largest absolute Gasteiger partial charge is 0.441 e. The number of allylic oxidation sites excluding steroid dienone is 1. The molecule has 2 nitrogen and oxygen atoms in total. The maximum Gasteiger partial charge on any atom is 0.343 e. The zero-order valence-electron chi connectivity index (χ0n) is 11.9. The molecule has 2 atom stereocenters. The summed E-state index contributed by atoms with van der Waals surface area (Å²) in [6, 6.07) is 8.27. The van der Waals surface area contributed by atoms with Gasteiger partial charge in [0.25, 0.3) is 0 Å². The summed E-state index contributed by atoms with van der Waals surface area (Å²) < 4.78 is 8.30. The van der Waals surface area contributed by atoms with E-state index in [0.29, 0.717) is 5.92 Å². The summed E-state index contributed by atoms with van der Waals surface area (Å²) in [6.45, 7) is 9.05. The summed E-state index contributed by atoms with van der Waals surface area (Å²) in [6.07, 6.45) is 4.05. The highest BCUT2D eigenvalue weighted by Gasteiger charge is 2.48. The second-order valence-corrected chi connectivity index (χ2v) is 6.55. The van der Waals surface area contributed by atoms with E-state index in [1.54, 1.807) is 0 Å². The molecule has 0 aromatic heterocycles. The lowest BCUT2D eigenvalue weighted by Crippen LogP contribution is -2.41. The summed E-state index contributed by atoms with van der Waals surface area (Å²) in [4.78, 5) is 0. The molecule has 20 heavy (non-hydrogen) atoms. The molecular weight excluding hydrogens is 270 g/mol. The quantitative estimate of drug-likeness (QED) is 0.608. The Kier molecular flexibility index (Phi) is 3.59. The molecular formula is C17H21ClNO+. The van der Waals surface area contributed by atoms with Crippen molar-refractivity contribution in [3.63, 3.8) is 0 Å². The van der Waals surface area contributed by atoms with Crippen LogP contribution in [0, 0.1) is 5.41 Å². The van der Waals surface area contributed by atoms with Crippen LogP contribution in [0.2, 0.25) is 5.02 Å². The number of nitrogens with zero attached hydrogens (tertiary/aromatic N) is 1. The van der Waals surface area contributed by atoms with Gasteiger partial charge in [-0.25, -0.2) is 0 Å². The molecule has 0 radical (unpaired) electrons. The molecule has 2 aliphatic heterocycles. The predicted molar refractivity (Wildman–Crippen MR) is 82.7 cm³/mol. The Hall–Kier alpha value is -1.28. The topological polar surface area (TPSA) is 12.2 Å². The molecule has 1 aromatic carbocycles. The van der Waals surface area contributed by atoms with Crippen molar-refractivity contribution >= 4 is 17.5 Å². The van der Waals surface area contributed by atoms with Crippen molar-refractivity contribution < 1.29 is 9.31 Å². The molecule has 0 saturated heterocycles. The molecule has 2 aliphatic rings. The molecule has 2 heterocycles. The molecule has 0 amide bonds. The number of hydrogen-bond donors (Lipinski definition) is 0. The van der Waals surface area contributed by atoms with E-state index in [0.717, 1.165) is 43.5 Å². The van der Waals surface area contributed by atoms with Crippen LogP contribution < -0.4 is 0 Å². The Morgan fingerprint density at radius 1 is 1.55 bits per heavy atom. The molecule has 0 N–H and O–H groups in total. The van der Waals surface area contributed by atoms with Crippen LogP contribution in [-0.4, -0.2) is 30.2 Å². The Bertz CT molecular complexity index is 566. The number of halogens is 1. The van der Waals surface area contributed by atoms with E-state index in [4.69, 9.17) is 16.3 Å². The summed E-state index contributed by atoms with van der Waals surface area (Å²) >= 11 is 6.15. The highest BCUT2D eigenvalue weighted by Crippen LogP contribution is 2.41. The van der Waals surface area contributed by atoms with E-state index in [9.17, 15) is 0 Å².